The zero-order valence-electron chi connectivity index (χ0n) is 12.0. The summed E-state index contributed by atoms with van der Waals surface area (Å²) in [7, 11) is -0.347. The average Bonchev–Trinajstić information content (AvgIpc) is 3.07. The topological polar surface area (TPSA) is 9.23 Å². The van der Waals surface area contributed by atoms with E-state index in [1.165, 1.54) is 10.6 Å². The first-order chi connectivity index (χ1) is 10.4. The van der Waals surface area contributed by atoms with Crippen LogP contribution in [0.3, 0.4) is 0 Å². The molecule has 0 fully saturated rings. The van der Waals surface area contributed by atoms with Crippen molar-refractivity contribution in [1.82, 2.24) is 0 Å². The fourth-order valence-electron chi connectivity index (χ4n) is 2.42. The molecule has 2 aromatic rings. The van der Waals surface area contributed by atoms with Crippen molar-refractivity contribution < 1.29 is 4.74 Å². The minimum Gasteiger partial charge on any atom is -0.494 e. The van der Waals surface area contributed by atoms with E-state index in [0.29, 0.717) is 0 Å². The minimum atomic E-state index is -0.347. The fraction of sp³-hybridized carbons (Fsp3) is 0.158. The lowest BCUT2D eigenvalue weighted by Gasteiger charge is -2.19. The summed E-state index contributed by atoms with van der Waals surface area (Å²) in [4.78, 5) is 0. The van der Waals surface area contributed by atoms with Crippen LogP contribution >= 0.6 is 7.92 Å². The van der Waals surface area contributed by atoms with Gasteiger partial charge < -0.3 is 4.74 Å². The molecule has 1 aliphatic rings. The molecule has 0 spiro atoms. The van der Waals surface area contributed by atoms with Gasteiger partial charge in [0.05, 0.1) is 6.61 Å². The second kappa shape index (κ2) is 7.24. The molecule has 106 valence electrons. The molecule has 0 N–H and O–H groups in total. The fourth-order valence-corrected chi connectivity index (χ4v) is 4.57. The molecule has 21 heavy (non-hydrogen) atoms. The van der Waals surface area contributed by atoms with Gasteiger partial charge in [-0.25, -0.2) is 0 Å². The standard InChI is InChI=1S/C19H19OP/c1-3-11-18(12-4-1)21(19-13-5-2-6-14-19)16-15-20-17-9-7-8-10-17/h1-7,9-14H,8,15-16H2. The summed E-state index contributed by atoms with van der Waals surface area (Å²) in [6.07, 6.45) is 8.38. The van der Waals surface area contributed by atoms with Crippen LogP contribution in [0.4, 0.5) is 0 Å². The molecule has 0 unspecified atom stereocenters. The van der Waals surface area contributed by atoms with E-state index < -0.39 is 0 Å². The van der Waals surface area contributed by atoms with E-state index in [-0.39, 0.29) is 7.92 Å². The Labute approximate surface area is 127 Å². The first kappa shape index (κ1) is 14.1. The Kier molecular flexibility index (Phi) is 4.86. The molecule has 2 heteroatoms. The second-order valence-electron chi connectivity index (χ2n) is 4.92. The molecule has 0 amide bonds. The molecule has 0 aromatic heterocycles. The quantitative estimate of drug-likeness (QED) is 0.732. The molecular formula is C19H19OP. The van der Waals surface area contributed by atoms with Crippen molar-refractivity contribution in [1.29, 1.82) is 0 Å². The van der Waals surface area contributed by atoms with Gasteiger partial charge in [0.25, 0.3) is 0 Å². The highest BCUT2D eigenvalue weighted by atomic mass is 31.1. The van der Waals surface area contributed by atoms with Gasteiger partial charge >= 0.3 is 0 Å². The van der Waals surface area contributed by atoms with E-state index >= 15 is 0 Å². The number of ether oxygens (including phenoxy) is 1. The highest BCUT2D eigenvalue weighted by Gasteiger charge is 2.13. The highest BCUT2D eigenvalue weighted by Crippen LogP contribution is 2.33. The van der Waals surface area contributed by atoms with E-state index in [9.17, 15) is 0 Å². The third-order valence-corrected chi connectivity index (χ3v) is 5.93. The summed E-state index contributed by atoms with van der Waals surface area (Å²) in [6, 6.07) is 21.6. The SMILES string of the molecule is C1=CC(OCCP(c2ccccc2)c2ccccc2)=CC1. The lowest BCUT2D eigenvalue weighted by Crippen LogP contribution is -2.16. The molecule has 0 saturated heterocycles. The van der Waals surface area contributed by atoms with Gasteiger partial charge in [-0.05, 0) is 37.1 Å². The Balaban J connectivity index is 1.72. The zero-order valence-corrected chi connectivity index (χ0v) is 12.9. The van der Waals surface area contributed by atoms with E-state index in [1.807, 2.05) is 0 Å². The monoisotopic (exact) mass is 294 g/mol. The number of hydrogen-bond donors (Lipinski definition) is 0. The van der Waals surface area contributed by atoms with E-state index in [4.69, 9.17) is 4.74 Å². The normalized spacial score (nSPS) is 13.5. The van der Waals surface area contributed by atoms with Crippen molar-refractivity contribution in [3.05, 3.63) is 84.7 Å². The third-order valence-electron chi connectivity index (χ3n) is 3.46. The van der Waals surface area contributed by atoms with Gasteiger partial charge in [-0.2, -0.15) is 0 Å². The zero-order chi connectivity index (χ0) is 14.3. The molecule has 1 nitrogen and oxygen atoms in total. The Morgan fingerprint density at radius 1 is 0.857 bits per heavy atom. The van der Waals surface area contributed by atoms with Crippen LogP contribution in [0.5, 0.6) is 0 Å². The molecule has 0 radical (unpaired) electrons. The molecule has 2 aromatic carbocycles. The van der Waals surface area contributed by atoms with Crippen LogP contribution in [0.15, 0.2) is 84.7 Å². The summed E-state index contributed by atoms with van der Waals surface area (Å²) in [5.41, 5.74) is 0. The summed E-state index contributed by atoms with van der Waals surface area (Å²) >= 11 is 0. The Hall–Kier alpha value is -1.85. The maximum Gasteiger partial charge on any atom is 0.115 e. The summed E-state index contributed by atoms with van der Waals surface area (Å²) in [6.45, 7) is 0.770. The Morgan fingerprint density at radius 3 is 2.00 bits per heavy atom. The van der Waals surface area contributed by atoms with Gasteiger partial charge in [0.2, 0.25) is 0 Å². The highest BCUT2D eigenvalue weighted by molar-refractivity contribution is 7.73. The predicted octanol–water partition coefficient (Wildman–Crippen LogP) is 3.98. The maximum absolute atomic E-state index is 5.87. The number of rotatable bonds is 6. The van der Waals surface area contributed by atoms with Gasteiger partial charge in [-0.3, -0.25) is 0 Å². The van der Waals surface area contributed by atoms with Gasteiger partial charge in [-0.1, -0.05) is 66.7 Å². The van der Waals surface area contributed by atoms with Gasteiger partial charge in [0, 0.05) is 6.16 Å². The summed E-state index contributed by atoms with van der Waals surface area (Å²) in [5.74, 6) is 1.02. The lowest BCUT2D eigenvalue weighted by molar-refractivity contribution is 0.246. The smallest absolute Gasteiger partial charge is 0.115 e. The van der Waals surface area contributed by atoms with Crippen LogP contribution < -0.4 is 10.6 Å². The van der Waals surface area contributed by atoms with Crippen molar-refractivity contribution in [2.24, 2.45) is 0 Å². The molecular weight excluding hydrogens is 275 g/mol. The van der Waals surface area contributed by atoms with Crippen molar-refractivity contribution in [3.63, 3.8) is 0 Å². The summed E-state index contributed by atoms with van der Waals surface area (Å²) in [5, 5.41) is 2.83. The van der Waals surface area contributed by atoms with Crippen LogP contribution in [-0.2, 0) is 4.74 Å². The van der Waals surface area contributed by atoms with Crippen LogP contribution in [0, 0.1) is 0 Å². The van der Waals surface area contributed by atoms with Crippen LogP contribution in [0.25, 0.3) is 0 Å². The molecule has 0 atom stereocenters. The largest absolute Gasteiger partial charge is 0.494 e. The molecule has 1 aliphatic carbocycles. The minimum absolute atomic E-state index is 0.347. The van der Waals surface area contributed by atoms with Crippen LogP contribution in [0.2, 0.25) is 0 Å². The first-order valence-corrected chi connectivity index (χ1v) is 8.83. The number of hydrogen-bond acceptors (Lipinski definition) is 1. The molecule has 3 rings (SSSR count). The van der Waals surface area contributed by atoms with Crippen molar-refractivity contribution >= 4 is 18.5 Å². The molecule has 0 aliphatic heterocycles. The number of allylic oxidation sites excluding steroid dienone is 3. The Bertz CT molecular complexity index is 577. The summed E-state index contributed by atoms with van der Waals surface area (Å²) < 4.78 is 5.87. The van der Waals surface area contributed by atoms with Gasteiger partial charge in [0.1, 0.15) is 5.76 Å². The number of benzene rings is 2. The lowest BCUT2D eigenvalue weighted by atomic mass is 10.4. The Morgan fingerprint density at radius 2 is 1.48 bits per heavy atom. The van der Waals surface area contributed by atoms with E-state index in [2.05, 4.69) is 78.9 Å². The molecule has 0 heterocycles. The van der Waals surface area contributed by atoms with Crippen LogP contribution in [-0.4, -0.2) is 12.8 Å². The van der Waals surface area contributed by atoms with Crippen molar-refractivity contribution in [2.75, 3.05) is 12.8 Å². The average molecular weight is 294 g/mol. The third kappa shape index (κ3) is 3.83. The van der Waals surface area contributed by atoms with Crippen molar-refractivity contribution in [3.8, 4) is 0 Å². The van der Waals surface area contributed by atoms with Crippen LogP contribution in [0.1, 0.15) is 6.42 Å². The predicted molar refractivity (Wildman–Crippen MR) is 91.7 cm³/mol. The van der Waals surface area contributed by atoms with Crippen molar-refractivity contribution in [2.45, 2.75) is 6.42 Å². The van der Waals surface area contributed by atoms with E-state index in [0.717, 1.165) is 24.9 Å². The van der Waals surface area contributed by atoms with Gasteiger partial charge in [0.15, 0.2) is 0 Å². The van der Waals surface area contributed by atoms with Gasteiger partial charge in [-0.15, -0.1) is 0 Å². The molecule has 0 bridgehead atoms. The maximum atomic E-state index is 5.87. The molecule has 0 saturated carbocycles. The second-order valence-corrected chi connectivity index (χ2v) is 7.25. The first-order valence-electron chi connectivity index (χ1n) is 7.30. The van der Waals surface area contributed by atoms with E-state index in [1.54, 1.807) is 0 Å².